The van der Waals surface area contributed by atoms with Crippen molar-refractivity contribution < 1.29 is 0 Å². The smallest absolute Gasteiger partial charge is 0.235 e. The average Bonchev–Trinajstić information content (AvgIpc) is 4.40. The molecule has 0 bridgehead atoms. The standard InChI is InChI=1S/C59H38N4S.C14H13N/c1-62-51-27-14-13-26-46(51)48-33-42(28-30-52(48)62)40-23-15-24-41(32-40)43-29-31-53-49(34-43)55-45-25-12-11-22-44(45)35-47(37-16-5-2-6-17-37)57(55)63(53)59-60-50-36-54(38-18-7-3-8-19-38)64-58(50)56(61-59)39-20-9-4-10-21-39;1-15-14-10-6-5-9-13(14)11-12-7-3-2-4-8-12/h2-36H,1H3;2-10H,1,11H2. The van der Waals surface area contributed by atoms with Gasteiger partial charge in [0.2, 0.25) is 5.95 Å². The molecule has 0 aliphatic rings. The van der Waals surface area contributed by atoms with Gasteiger partial charge in [-0.1, -0.05) is 212 Å². The van der Waals surface area contributed by atoms with Crippen molar-refractivity contribution in [1.82, 2.24) is 19.1 Å². The van der Waals surface area contributed by atoms with Crippen LogP contribution in [0.1, 0.15) is 11.1 Å². The second-order valence-electron chi connectivity index (χ2n) is 20.1. The third-order valence-corrected chi connectivity index (χ3v) is 16.5. The van der Waals surface area contributed by atoms with Crippen LogP contribution in [-0.2, 0) is 13.5 Å². The lowest BCUT2D eigenvalue weighted by molar-refractivity contribution is 1.01. The van der Waals surface area contributed by atoms with Crippen LogP contribution < -0.4 is 0 Å². The predicted molar refractivity (Wildman–Crippen MR) is 335 cm³/mol. The number of hydrogen-bond donors (Lipinski definition) is 0. The summed E-state index contributed by atoms with van der Waals surface area (Å²) in [5, 5.41) is 7.27. The number of aliphatic imine (C=N–C) groups is 1. The molecule has 374 valence electrons. The van der Waals surface area contributed by atoms with Crippen molar-refractivity contribution in [2.24, 2.45) is 12.0 Å². The molecule has 6 heteroatoms. The van der Waals surface area contributed by atoms with Crippen molar-refractivity contribution in [2.75, 3.05) is 0 Å². The molecule has 0 saturated heterocycles. The largest absolute Gasteiger partial charge is 0.344 e. The van der Waals surface area contributed by atoms with E-state index < -0.39 is 0 Å². The highest BCUT2D eigenvalue weighted by molar-refractivity contribution is 7.22. The molecule has 5 nitrogen and oxygen atoms in total. The summed E-state index contributed by atoms with van der Waals surface area (Å²) in [7, 11) is 2.15. The van der Waals surface area contributed by atoms with E-state index in [1.165, 1.54) is 70.7 Å². The molecule has 0 aliphatic heterocycles. The SMILES string of the molecule is C=Nc1ccccc1Cc1ccccc1.Cn1c2ccccc2c2cc(-c3cccc(-c4ccc5c(c4)c4c6ccccc6cc(-c6ccccc6)c4n5-c4nc(-c5ccccc5)c5sc(-c6ccccc6)cc5n4)c3)ccc21. The molecule has 15 aromatic rings. The van der Waals surface area contributed by atoms with E-state index in [0.717, 1.165) is 72.3 Å². The Balaban J connectivity index is 0.000000326. The highest BCUT2D eigenvalue weighted by Crippen LogP contribution is 2.45. The number of rotatable bonds is 9. The maximum absolute atomic E-state index is 5.56. The molecule has 0 radical (unpaired) electrons. The van der Waals surface area contributed by atoms with Gasteiger partial charge < -0.3 is 4.57 Å². The summed E-state index contributed by atoms with van der Waals surface area (Å²) in [5.74, 6) is 0.648. The fourth-order valence-corrected chi connectivity index (χ4v) is 12.6. The summed E-state index contributed by atoms with van der Waals surface area (Å²) in [4.78, 5) is 16.2. The summed E-state index contributed by atoms with van der Waals surface area (Å²) in [5.41, 5.74) is 19.2. The van der Waals surface area contributed by atoms with Gasteiger partial charge in [-0.15, -0.1) is 11.3 Å². The molecular formula is C73H51N5S. The number of aryl methyl sites for hydroxylation is 1. The van der Waals surface area contributed by atoms with Gasteiger partial charge >= 0.3 is 0 Å². The van der Waals surface area contributed by atoms with Crippen molar-refractivity contribution in [2.45, 2.75) is 6.42 Å². The fourth-order valence-electron chi connectivity index (χ4n) is 11.5. The first kappa shape index (κ1) is 47.4. The molecule has 0 amide bonds. The lowest BCUT2D eigenvalue weighted by atomic mass is 9.94. The number of nitrogens with zero attached hydrogens (tertiary/aromatic N) is 5. The topological polar surface area (TPSA) is 48.0 Å². The Morgan fingerprint density at radius 3 is 1.75 bits per heavy atom. The van der Waals surface area contributed by atoms with Crippen molar-refractivity contribution in [3.05, 3.63) is 278 Å². The zero-order chi connectivity index (χ0) is 52.8. The molecule has 0 unspecified atom stereocenters. The molecule has 11 aromatic carbocycles. The van der Waals surface area contributed by atoms with Crippen LogP contribution in [0.2, 0.25) is 0 Å². The number of hydrogen-bond acceptors (Lipinski definition) is 4. The van der Waals surface area contributed by atoms with E-state index in [-0.39, 0.29) is 0 Å². The number of benzene rings is 11. The molecule has 15 rings (SSSR count). The highest BCUT2D eigenvalue weighted by Gasteiger charge is 2.24. The maximum atomic E-state index is 5.56. The Morgan fingerprint density at radius 1 is 0.443 bits per heavy atom. The predicted octanol–water partition coefficient (Wildman–Crippen LogP) is 19.5. The zero-order valence-electron chi connectivity index (χ0n) is 43.5. The van der Waals surface area contributed by atoms with Crippen LogP contribution in [0.5, 0.6) is 0 Å². The van der Waals surface area contributed by atoms with Gasteiger partial charge in [0.25, 0.3) is 0 Å². The molecule has 0 N–H and O–H groups in total. The summed E-state index contributed by atoms with van der Waals surface area (Å²) in [6.07, 6.45) is 0.913. The van der Waals surface area contributed by atoms with Gasteiger partial charge in [-0.25, -0.2) is 9.97 Å². The molecule has 0 spiro atoms. The van der Waals surface area contributed by atoms with E-state index in [1.807, 2.05) is 24.3 Å². The monoisotopic (exact) mass is 1030 g/mol. The number of thiophene rings is 1. The van der Waals surface area contributed by atoms with Crippen LogP contribution in [-0.4, -0.2) is 25.8 Å². The minimum Gasteiger partial charge on any atom is -0.344 e. The summed E-state index contributed by atoms with van der Waals surface area (Å²) < 4.78 is 5.69. The van der Waals surface area contributed by atoms with Crippen LogP contribution in [0.15, 0.2) is 272 Å². The van der Waals surface area contributed by atoms with Crippen molar-refractivity contribution in [1.29, 1.82) is 0 Å². The lowest BCUT2D eigenvalue weighted by Crippen LogP contribution is -2.03. The summed E-state index contributed by atoms with van der Waals surface area (Å²) in [6.45, 7) is 3.58. The Kier molecular flexibility index (Phi) is 12.1. The van der Waals surface area contributed by atoms with Gasteiger partial charge in [0.05, 0.1) is 32.6 Å². The summed E-state index contributed by atoms with van der Waals surface area (Å²) in [6, 6.07) is 95.2. The Labute approximate surface area is 462 Å². The summed E-state index contributed by atoms with van der Waals surface area (Å²) >= 11 is 1.75. The van der Waals surface area contributed by atoms with E-state index in [0.29, 0.717) is 5.95 Å². The van der Waals surface area contributed by atoms with Crippen LogP contribution in [0.4, 0.5) is 5.69 Å². The van der Waals surface area contributed by atoms with Crippen LogP contribution >= 0.6 is 11.3 Å². The van der Waals surface area contributed by atoms with Gasteiger partial charge in [-0.2, -0.15) is 0 Å². The second-order valence-corrected chi connectivity index (χ2v) is 21.1. The quantitative estimate of drug-likeness (QED) is 0.135. The first-order chi connectivity index (χ1) is 39.0. The normalized spacial score (nSPS) is 11.5. The lowest BCUT2D eigenvalue weighted by Gasteiger charge is -2.13. The van der Waals surface area contributed by atoms with Gasteiger partial charge in [-0.05, 0) is 123 Å². The average molecular weight is 1030 g/mol. The minimum absolute atomic E-state index is 0.648. The third-order valence-electron chi connectivity index (χ3n) is 15.3. The zero-order valence-corrected chi connectivity index (χ0v) is 44.3. The Bertz CT molecular complexity index is 4770. The molecule has 0 aliphatic carbocycles. The van der Waals surface area contributed by atoms with Gasteiger partial charge in [-0.3, -0.25) is 9.56 Å². The van der Waals surface area contributed by atoms with Crippen LogP contribution in [0, 0.1) is 0 Å². The number of aromatic nitrogens is 4. The first-order valence-electron chi connectivity index (χ1n) is 26.7. The van der Waals surface area contributed by atoms with E-state index >= 15 is 0 Å². The fraction of sp³-hybridized carbons (Fsp3) is 0.0274. The van der Waals surface area contributed by atoms with E-state index in [4.69, 9.17) is 9.97 Å². The van der Waals surface area contributed by atoms with E-state index in [1.54, 1.807) is 11.3 Å². The number of para-hydroxylation sites is 2. The van der Waals surface area contributed by atoms with Gasteiger partial charge in [0.1, 0.15) is 0 Å². The Hall–Kier alpha value is -10.0. The molecule has 4 aromatic heterocycles. The maximum Gasteiger partial charge on any atom is 0.235 e. The molecule has 4 heterocycles. The van der Waals surface area contributed by atoms with Crippen LogP contribution in [0.3, 0.4) is 0 Å². The van der Waals surface area contributed by atoms with Gasteiger partial charge in [0.15, 0.2) is 0 Å². The molecule has 79 heavy (non-hydrogen) atoms. The van der Waals surface area contributed by atoms with E-state index in [9.17, 15) is 0 Å². The van der Waals surface area contributed by atoms with Crippen molar-refractivity contribution in [3.8, 4) is 61.0 Å². The first-order valence-corrected chi connectivity index (χ1v) is 27.5. The molecule has 0 atom stereocenters. The molecule has 0 fully saturated rings. The van der Waals surface area contributed by atoms with E-state index in [2.05, 4.69) is 271 Å². The van der Waals surface area contributed by atoms with Crippen molar-refractivity contribution in [3.63, 3.8) is 0 Å². The molecular weight excluding hydrogens is 979 g/mol. The minimum atomic E-state index is 0.648. The third kappa shape index (κ3) is 8.65. The highest BCUT2D eigenvalue weighted by atomic mass is 32.1. The Morgan fingerprint density at radius 2 is 1.01 bits per heavy atom. The van der Waals surface area contributed by atoms with Crippen molar-refractivity contribution >= 4 is 88.3 Å². The van der Waals surface area contributed by atoms with Crippen LogP contribution in [0.25, 0.3) is 126 Å². The second kappa shape index (κ2) is 20.2. The number of fused-ring (bicyclic) bond motifs is 9. The molecule has 0 saturated carbocycles. The van der Waals surface area contributed by atoms with Gasteiger partial charge in [0, 0.05) is 55.6 Å².